The lowest BCUT2D eigenvalue weighted by Crippen LogP contribution is -2.39. The van der Waals surface area contributed by atoms with Gasteiger partial charge in [0, 0.05) is 25.1 Å². The van der Waals surface area contributed by atoms with Gasteiger partial charge in [-0.3, -0.25) is 4.79 Å². The molecule has 4 rings (SSSR count). The lowest BCUT2D eigenvalue weighted by atomic mass is 9.96. The molecule has 0 aromatic carbocycles. The molecule has 0 saturated carbocycles. The minimum Gasteiger partial charge on any atom is -0.351 e. The van der Waals surface area contributed by atoms with Crippen LogP contribution in [0.15, 0.2) is 34.2 Å². The summed E-state index contributed by atoms with van der Waals surface area (Å²) >= 11 is 1.32. The smallest absolute Gasteiger partial charge is 0.351 e. The predicted molar refractivity (Wildman–Crippen MR) is 104 cm³/mol. The fraction of sp³-hybridized carbons (Fsp3) is 0.400. The number of likely N-dealkylation sites (tertiary alicyclic amines) is 1. The molecule has 1 unspecified atom stereocenters. The van der Waals surface area contributed by atoms with E-state index in [4.69, 9.17) is 4.52 Å². The van der Waals surface area contributed by atoms with Gasteiger partial charge in [-0.1, -0.05) is 18.1 Å². The van der Waals surface area contributed by atoms with E-state index in [1.54, 1.807) is 28.5 Å². The number of thiophene rings is 1. The lowest BCUT2D eigenvalue weighted by molar-refractivity contribution is -0.141. The van der Waals surface area contributed by atoms with E-state index in [0.717, 1.165) is 6.07 Å². The number of alkyl halides is 3. The van der Waals surface area contributed by atoms with Crippen molar-refractivity contribution in [1.82, 2.24) is 20.0 Å². The van der Waals surface area contributed by atoms with E-state index < -0.39 is 17.8 Å². The first-order chi connectivity index (χ1) is 14.3. The van der Waals surface area contributed by atoms with Crippen molar-refractivity contribution >= 4 is 17.2 Å². The molecule has 158 valence electrons. The topological polar surface area (TPSA) is 72.1 Å². The highest BCUT2D eigenvalue weighted by Gasteiger charge is 2.36. The van der Waals surface area contributed by atoms with Crippen LogP contribution in [-0.2, 0) is 12.6 Å². The van der Waals surface area contributed by atoms with Crippen LogP contribution in [-0.4, -0.2) is 39.0 Å². The largest absolute Gasteiger partial charge is 0.433 e. The van der Waals surface area contributed by atoms with Crippen LogP contribution in [0.5, 0.6) is 0 Å². The number of halogens is 3. The maximum Gasteiger partial charge on any atom is 0.433 e. The van der Waals surface area contributed by atoms with Gasteiger partial charge < -0.3 is 9.42 Å². The summed E-state index contributed by atoms with van der Waals surface area (Å²) in [5.74, 6) is -0.469. The van der Waals surface area contributed by atoms with Gasteiger partial charge in [0.2, 0.25) is 5.76 Å². The normalized spacial score (nSPS) is 17.3. The number of rotatable bonds is 4. The van der Waals surface area contributed by atoms with E-state index in [1.807, 2.05) is 6.92 Å². The van der Waals surface area contributed by atoms with Crippen molar-refractivity contribution in [3.63, 3.8) is 0 Å². The maximum absolute atomic E-state index is 13.4. The van der Waals surface area contributed by atoms with Gasteiger partial charge in [0.25, 0.3) is 5.91 Å². The quantitative estimate of drug-likeness (QED) is 0.588. The van der Waals surface area contributed by atoms with Crippen molar-refractivity contribution in [2.75, 3.05) is 13.1 Å². The van der Waals surface area contributed by atoms with Crippen LogP contribution in [0.4, 0.5) is 13.2 Å². The van der Waals surface area contributed by atoms with E-state index in [-0.39, 0.29) is 29.7 Å². The van der Waals surface area contributed by atoms with Crippen LogP contribution in [0, 0.1) is 0 Å². The molecule has 3 aromatic heterocycles. The Balaban J connectivity index is 1.62. The van der Waals surface area contributed by atoms with Crippen molar-refractivity contribution in [1.29, 1.82) is 0 Å². The number of nitrogens with zero attached hydrogens (tertiary/aromatic N) is 4. The Labute approximate surface area is 174 Å². The second kappa shape index (κ2) is 8.17. The molecule has 3 aromatic rings. The molecule has 0 aliphatic carbocycles. The lowest BCUT2D eigenvalue weighted by Gasteiger charge is -2.31. The Morgan fingerprint density at radius 2 is 2.17 bits per heavy atom. The highest BCUT2D eigenvalue weighted by molar-refractivity contribution is 7.13. The minimum atomic E-state index is -4.58. The highest BCUT2D eigenvalue weighted by atomic mass is 32.1. The molecular formula is C20H19F3N4O2S. The summed E-state index contributed by atoms with van der Waals surface area (Å²) in [5, 5.41) is 5.62. The van der Waals surface area contributed by atoms with Gasteiger partial charge in [0.15, 0.2) is 0 Å². The Hall–Kier alpha value is -2.75. The van der Waals surface area contributed by atoms with Gasteiger partial charge in [0.05, 0.1) is 16.3 Å². The molecule has 1 aliphatic heterocycles. The van der Waals surface area contributed by atoms with E-state index in [1.165, 1.54) is 11.3 Å². The molecule has 1 atom stereocenters. The maximum atomic E-state index is 13.4. The number of carbonyl (C=O) groups is 1. The molecule has 30 heavy (non-hydrogen) atoms. The molecule has 10 heteroatoms. The third-order valence-corrected chi connectivity index (χ3v) is 5.91. The molecule has 1 aliphatic rings. The molecule has 0 N–H and O–H groups in total. The third kappa shape index (κ3) is 4.23. The molecule has 1 fully saturated rings. The first-order valence-corrected chi connectivity index (χ1v) is 10.5. The Kier molecular flexibility index (Phi) is 5.59. The number of aromatic nitrogens is 3. The number of hydrogen-bond donors (Lipinski definition) is 0. The van der Waals surface area contributed by atoms with Crippen LogP contribution >= 0.6 is 11.3 Å². The first-order valence-electron chi connectivity index (χ1n) is 9.60. The summed E-state index contributed by atoms with van der Waals surface area (Å²) in [6.07, 6.45) is -2.70. The van der Waals surface area contributed by atoms with Crippen molar-refractivity contribution in [3.8, 4) is 10.6 Å². The Bertz CT molecular complexity index is 1030. The average molecular weight is 436 g/mol. The third-order valence-electron chi connectivity index (χ3n) is 5.01. The molecule has 1 saturated heterocycles. The van der Waals surface area contributed by atoms with Gasteiger partial charge >= 0.3 is 6.18 Å². The SMILES string of the molecule is CCc1cc(C(=O)N2CCCC(c3nc(-c4cccs4)cc(C(F)(F)F)n3)C2)on1. The van der Waals surface area contributed by atoms with Crippen molar-refractivity contribution in [2.45, 2.75) is 38.3 Å². The van der Waals surface area contributed by atoms with E-state index in [9.17, 15) is 18.0 Å². The average Bonchev–Trinajstić information content (AvgIpc) is 3.44. The number of aryl methyl sites for hydroxylation is 1. The van der Waals surface area contributed by atoms with Crippen LogP contribution < -0.4 is 0 Å². The molecule has 0 radical (unpaired) electrons. The van der Waals surface area contributed by atoms with Crippen LogP contribution in [0.25, 0.3) is 10.6 Å². The van der Waals surface area contributed by atoms with Crippen molar-refractivity contribution < 1.29 is 22.5 Å². The molecule has 0 bridgehead atoms. The predicted octanol–water partition coefficient (Wildman–Crippen LogP) is 4.79. The number of piperidine rings is 1. The number of amides is 1. The monoisotopic (exact) mass is 436 g/mol. The fourth-order valence-corrected chi connectivity index (χ4v) is 4.14. The van der Waals surface area contributed by atoms with Gasteiger partial charge in [0.1, 0.15) is 11.5 Å². The Morgan fingerprint density at radius 1 is 1.33 bits per heavy atom. The summed E-state index contributed by atoms with van der Waals surface area (Å²) in [6.45, 7) is 2.62. The summed E-state index contributed by atoms with van der Waals surface area (Å²) in [5.41, 5.74) is -0.0514. The summed E-state index contributed by atoms with van der Waals surface area (Å²) in [7, 11) is 0. The van der Waals surface area contributed by atoms with Gasteiger partial charge in [-0.15, -0.1) is 11.3 Å². The highest BCUT2D eigenvalue weighted by Crippen LogP contribution is 2.34. The summed E-state index contributed by atoms with van der Waals surface area (Å²) < 4.78 is 45.5. The minimum absolute atomic E-state index is 0.109. The first kappa shape index (κ1) is 20.5. The van der Waals surface area contributed by atoms with E-state index in [2.05, 4.69) is 15.1 Å². The zero-order valence-electron chi connectivity index (χ0n) is 16.1. The second-order valence-corrected chi connectivity index (χ2v) is 8.05. The van der Waals surface area contributed by atoms with E-state index >= 15 is 0 Å². The standard InChI is InChI=1S/C20H19F3N4O2S/c1-2-13-9-15(29-26-13)19(28)27-7-3-5-12(11-27)18-24-14(16-6-4-8-30-16)10-17(25-18)20(21,22)23/h4,6,8-10,12H,2-3,5,7,11H2,1H3. The van der Waals surface area contributed by atoms with Crippen LogP contribution in [0.1, 0.15) is 53.5 Å². The molecule has 0 spiro atoms. The van der Waals surface area contributed by atoms with Gasteiger partial charge in [-0.2, -0.15) is 13.2 Å². The molecule has 6 nitrogen and oxygen atoms in total. The summed E-state index contributed by atoms with van der Waals surface area (Å²) in [6, 6.07) is 6.06. The fourth-order valence-electron chi connectivity index (χ4n) is 3.45. The van der Waals surface area contributed by atoms with Crippen molar-refractivity contribution in [3.05, 3.63) is 52.6 Å². The molecule has 1 amide bonds. The second-order valence-electron chi connectivity index (χ2n) is 7.10. The zero-order chi connectivity index (χ0) is 21.3. The Morgan fingerprint density at radius 3 is 2.83 bits per heavy atom. The van der Waals surface area contributed by atoms with Crippen LogP contribution in [0.3, 0.4) is 0 Å². The van der Waals surface area contributed by atoms with Gasteiger partial charge in [-0.05, 0) is 36.8 Å². The summed E-state index contributed by atoms with van der Waals surface area (Å²) in [4.78, 5) is 23.2. The van der Waals surface area contributed by atoms with Crippen LogP contribution in [0.2, 0.25) is 0 Å². The molecule has 4 heterocycles. The zero-order valence-corrected chi connectivity index (χ0v) is 17.0. The van der Waals surface area contributed by atoms with E-state index in [0.29, 0.717) is 36.4 Å². The number of hydrogen-bond acceptors (Lipinski definition) is 6. The van der Waals surface area contributed by atoms with Gasteiger partial charge in [-0.25, -0.2) is 9.97 Å². The number of carbonyl (C=O) groups excluding carboxylic acids is 1. The molecular weight excluding hydrogens is 417 g/mol. The van der Waals surface area contributed by atoms with Crippen molar-refractivity contribution in [2.24, 2.45) is 0 Å².